The summed E-state index contributed by atoms with van der Waals surface area (Å²) < 4.78 is 5.36. The molecule has 0 saturated carbocycles. The van der Waals surface area contributed by atoms with Crippen LogP contribution in [0.1, 0.15) is 6.92 Å². The molecule has 1 fully saturated rings. The number of nitrogen functional groups attached to an aromatic ring is 2. The van der Waals surface area contributed by atoms with E-state index in [4.69, 9.17) is 27.8 Å². The van der Waals surface area contributed by atoms with Crippen LogP contribution in [0.25, 0.3) is 0 Å². The van der Waals surface area contributed by atoms with Crippen molar-refractivity contribution < 1.29 is 4.74 Å². The molecule has 1 aromatic heterocycles. The molecular weight excluding hydrogens is 228 g/mol. The molecule has 4 N–H and O–H groups in total. The van der Waals surface area contributed by atoms with Gasteiger partial charge in [-0.2, -0.15) is 0 Å². The maximum Gasteiger partial charge on any atom is 0.156 e. The number of hydrogen-bond acceptors (Lipinski definition) is 5. The summed E-state index contributed by atoms with van der Waals surface area (Å²) in [4.78, 5) is 6.31. The zero-order valence-electron chi connectivity index (χ0n) is 9.11. The van der Waals surface area contributed by atoms with Crippen LogP contribution in [0.4, 0.5) is 17.2 Å². The van der Waals surface area contributed by atoms with Gasteiger partial charge in [0, 0.05) is 12.6 Å². The van der Waals surface area contributed by atoms with Crippen molar-refractivity contribution in [3.63, 3.8) is 0 Å². The number of morpholine rings is 1. The highest BCUT2D eigenvalue weighted by molar-refractivity contribution is 6.30. The molecule has 1 saturated heterocycles. The van der Waals surface area contributed by atoms with Crippen LogP contribution in [-0.2, 0) is 4.74 Å². The first-order valence-electron chi connectivity index (χ1n) is 5.15. The van der Waals surface area contributed by atoms with Gasteiger partial charge >= 0.3 is 0 Å². The molecule has 1 atom stereocenters. The summed E-state index contributed by atoms with van der Waals surface area (Å²) in [7, 11) is 0. The van der Waals surface area contributed by atoms with E-state index < -0.39 is 0 Å². The van der Waals surface area contributed by atoms with Crippen LogP contribution < -0.4 is 16.4 Å². The van der Waals surface area contributed by atoms with E-state index in [2.05, 4.69) is 16.8 Å². The summed E-state index contributed by atoms with van der Waals surface area (Å²) in [6.45, 7) is 4.13. The van der Waals surface area contributed by atoms with E-state index in [1.54, 1.807) is 6.07 Å². The molecule has 0 aliphatic carbocycles. The zero-order valence-corrected chi connectivity index (χ0v) is 9.87. The van der Waals surface area contributed by atoms with E-state index in [9.17, 15) is 0 Å². The molecule has 88 valence electrons. The summed E-state index contributed by atoms with van der Waals surface area (Å²) in [5, 5.41) is 0.361. The van der Waals surface area contributed by atoms with Crippen molar-refractivity contribution in [2.24, 2.45) is 0 Å². The zero-order chi connectivity index (χ0) is 11.7. The van der Waals surface area contributed by atoms with Crippen LogP contribution in [-0.4, -0.2) is 30.8 Å². The Hall–Kier alpha value is -1.20. The first-order chi connectivity index (χ1) is 7.59. The topological polar surface area (TPSA) is 77.4 Å². The number of ether oxygens (including phenoxy) is 1. The van der Waals surface area contributed by atoms with E-state index in [-0.39, 0.29) is 6.04 Å². The van der Waals surface area contributed by atoms with Gasteiger partial charge in [-0.1, -0.05) is 11.6 Å². The van der Waals surface area contributed by atoms with E-state index >= 15 is 0 Å². The molecule has 0 spiro atoms. The molecule has 5 nitrogen and oxygen atoms in total. The second kappa shape index (κ2) is 4.35. The molecule has 0 aromatic carbocycles. The Labute approximate surface area is 99.3 Å². The van der Waals surface area contributed by atoms with Crippen LogP contribution in [0, 0.1) is 0 Å². The Balaban J connectivity index is 2.38. The van der Waals surface area contributed by atoms with Crippen LogP contribution in [0.5, 0.6) is 0 Å². The van der Waals surface area contributed by atoms with Gasteiger partial charge in [0.25, 0.3) is 0 Å². The fraction of sp³-hybridized carbons (Fsp3) is 0.500. The van der Waals surface area contributed by atoms with Crippen molar-refractivity contribution in [2.75, 3.05) is 36.1 Å². The Morgan fingerprint density at radius 1 is 1.56 bits per heavy atom. The van der Waals surface area contributed by atoms with Crippen LogP contribution in [0.3, 0.4) is 0 Å². The van der Waals surface area contributed by atoms with Crippen molar-refractivity contribution in [3.05, 3.63) is 11.2 Å². The van der Waals surface area contributed by atoms with Crippen LogP contribution in [0.15, 0.2) is 6.07 Å². The smallest absolute Gasteiger partial charge is 0.156 e. The minimum atomic E-state index is 0.224. The SMILES string of the molecule is CC1COCCN1c1nc(Cl)cc(N)c1N. The Morgan fingerprint density at radius 3 is 3.00 bits per heavy atom. The molecule has 0 radical (unpaired) electrons. The highest BCUT2D eigenvalue weighted by Crippen LogP contribution is 2.31. The second-order valence-corrected chi connectivity index (χ2v) is 4.28. The lowest BCUT2D eigenvalue weighted by molar-refractivity contribution is 0.0986. The highest BCUT2D eigenvalue weighted by atomic mass is 35.5. The molecule has 16 heavy (non-hydrogen) atoms. The number of nitrogens with two attached hydrogens (primary N) is 2. The second-order valence-electron chi connectivity index (χ2n) is 3.89. The summed E-state index contributed by atoms with van der Waals surface area (Å²) in [5.74, 6) is 0.654. The van der Waals surface area contributed by atoms with Gasteiger partial charge in [-0.05, 0) is 6.92 Å². The van der Waals surface area contributed by atoms with Crippen molar-refractivity contribution >= 4 is 28.8 Å². The van der Waals surface area contributed by atoms with Gasteiger partial charge in [0.2, 0.25) is 0 Å². The molecular formula is C10H15ClN4O. The normalized spacial score (nSPS) is 21.1. The van der Waals surface area contributed by atoms with E-state index in [1.807, 2.05) is 0 Å². The van der Waals surface area contributed by atoms with Gasteiger partial charge in [-0.15, -0.1) is 0 Å². The quantitative estimate of drug-likeness (QED) is 0.722. The van der Waals surface area contributed by atoms with E-state index in [1.165, 1.54) is 0 Å². The monoisotopic (exact) mass is 242 g/mol. The third-order valence-electron chi connectivity index (χ3n) is 2.68. The highest BCUT2D eigenvalue weighted by Gasteiger charge is 2.23. The van der Waals surface area contributed by atoms with Gasteiger partial charge < -0.3 is 21.1 Å². The minimum Gasteiger partial charge on any atom is -0.397 e. The molecule has 0 bridgehead atoms. The maximum absolute atomic E-state index is 5.92. The standard InChI is InChI=1S/C10H15ClN4O/c1-6-5-16-3-2-15(6)10-9(13)7(12)4-8(11)14-10/h4,6H,2-3,5,13H2,1H3,(H2,12,14). The number of anilines is 3. The first-order valence-corrected chi connectivity index (χ1v) is 5.53. The summed E-state index contributed by atoms with van der Waals surface area (Å²) in [6.07, 6.45) is 0. The average Bonchev–Trinajstić information content (AvgIpc) is 2.24. The third-order valence-corrected chi connectivity index (χ3v) is 2.87. The van der Waals surface area contributed by atoms with Gasteiger partial charge in [-0.3, -0.25) is 0 Å². The molecule has 2 rings (SSSR count). The number of hydrogen-bond donors (Lipinski definition) is 2. The number of rotatable bonds is 1. The minimum absolute atomic E-state index is 0.224. The molecule has 1 aliphatic heterocycles. The number of pyridine rings is 1. The fourth-order valence-corrected chi connectivity index (χ4v) is 1.99. The molecule has 1 aromatic rings. The average molecular weight is 243 g/mol. The van der Waals surface area contributed by atoms with Crippen molar-refractivity contribution in [1.29, 1.82) is 0 Å². The molecule has 1 unspecified atom stereocenters. The van der Waals surface area contributed by atoms with Crippen molar-refractivity contribution in [1.82, 2.24) is 4.98 Å². The lowest BCUT2D eigenvalue weighted by Gasteiger charge is -2.35. The summed E-state index contributed by atoms with van der Waals surface area (Å²) >= 11 is 5.88. The third kappa shape index (κ3) is 2.01. The predicted octanol–water partition coefficient (Wildman–Crippen LogP) is 1.12. The van der Waals surface area contributed by atoms with E-state index in [0.29, 0.717) is 35.6 Å². The predicted molar refractivity (Wildman–Crippen MR) is 65.7 cm³/mol. The molecule has 1 aliphatic rings. The first kappa shape index (κ1) is 11.3. The van der Waals surface area contributed by atoms with Gasteiger partial charge in [0.05, 0.1) is 30.6 Å². The number of halogens is 1. The summed E-state index contributed by atoms with van der Waals surface area (Å²) in [6, 6.07) is 1.78. The van der Waals surface area contributed by atoms with Crippen molar-refractivity contribution in [3.8, 4) is 0 Å². The molecule has 0 amide bonds. The number of aromatic nitrogens is 1. The fourth-order valence-electron chi connectivity index (χ4n) is 1.79. The lowest BCUT2D eigenvalue weighted by Crippen LogP contribution is -2.44. The molecule has 2 heterocycles. The van der Waals surface area contributed by atoms with Gasteiger partial charge in [0.15, 0.2) is 5.82 Å². The van der Waals surface area contributed by atoms with Gasteiger partial charge in [-0.25, -0.2) is 4.98 Å². The number of nitrogens with zero attached hydrogens (tertiary/aromatic N) is 2. The van der Waals surface area contributed by atoms with Crippen LogP contribution in [0.2, 0.25) is 5.15 Å². The maximum atomic E-state index is 5.92. The molecule has 6 heteroatoms. The van der Waals surface area contributed by atoms with Crippen LogP contribution >= 0.6 is 11.6 Å². The Morgan fingerprint density at radius 2 is 2.31 bits per heavy atom. The summed E-state index contributed by atoms with van der Waals surface area (Å²) in [5.41, 5.74) is 12.6. The van der Waals surface area contributed by atoms with E-state index in [0.717, 1.165) is 6.54 Å². The lowest BCUT2D eigenvalue weighted by atomic mass is 10.2. The van der Waals surface area contributed by atoms with Crippen molar-refractivity contribution in [2.45, 2.75) is 13.0 Å². The Bertz CT molecular complexity index is 399. The largest absolute Gasteiger partial charge is 0.397 e. The van der Waals surface area contributed by atoms with Gasteiger partial charge in [0.1, 0.15) is 5.15 Å². The Kier molecular flexibility index (Phi) is 3.07.